The van der Waals surface area contributed by atoms with E-state index in [1.54, 1.807) is 12.4 Å². The van der Waals surface area contributed by atoms with Crippen molar-refractivity contribution in [3.05, 3.63) is 24.3 Å². The zero-order valence-electron chi connectivity index (χ0n) is 9.65. The first-order valence-corrected chi connectivity index (χ1v) is 6.11. The first kappa shape index (κ1) is 11.4. The smallest absolute Gasteiger partial charge is 0.124 e. The summed E-state index contributed by atoms with van der Waals surface area (Å²) in [4.78, 5) is 8.56. The van der Waals surface area contributed by atoms with E-state index >= 15 is 0 Å². The van der Waals surface area contributed by atoms with Crippen LogP contribution in [0.25, 0.3) is 11.0 Å². The maximum atomic E-state index is 5.92. The van der Waals surface area contributed by atoms with Gasteiger partial charge in [0.05, 0.1) is 17.6 Å². The van der Waals surface area contributed by atoms with Gasteiger partial charge < -0.3 is 4.57 Å². The summed E-state index contributed by atoms with van der Waals surface area (Å²) >= 11 is 5.92. The van der Waals surface area contributed by atoms with Crippen LogP contribution in [0, 0.1) is 5.92 Å². The van der Waals surface area contributed by atoms with Crippen LogP contribution in [0.15, 0.2) is 18.5 Å². The van der Waals surface area contributed by atoms with Crippen molar-refractivity contribution >= 4 is 22.6 Å². The molecule has 0 atom stereocenters. The molecule has 3 nitrogen and oxygen atoms in total. The Morgan fingerprint density at radius 1 is 1.44 bits per heavy atom. The topological polar surface area (TPSA) is 30.7 Å². The van der Waals surface area contributed by atoms with Crippen molar-refractivity contribution in [1.29, 1.82) is 0 Å². The minimum Gasteiger partial charge on any atom is -0.327 e. The van der Waals surface area contributed by atoms with Crippen molar-refractivity contribution in [2.75, 3.05) is 0 Å². The number of aryl methyl sites for hydroxylation is 1. The number of pyridine rings is 1. The van der Waals surface area contributed by atoms with E-state index in [1.165, 1.54) is 0 Å². The van der Waals surface area contributed by atoms with E-state index in [-0.39, 0.29) is 0 Å². The monoisotopic (exact) mass is 237 g/mol. The van der Waals surface area contributed by atoms with Gasteiger partial charge in [0.15, 0.2) is 0 Å². The van der Waals surface area contributed by atoms with Crippen LogP contribution in [0.2, 0.25) is 0 Å². The van der Waals surface area contributed by atoms with Crippen LogP contribution in [0.1, 0.15) is 26.1 Å². The highest BCUT2D eigenvalue weighted by Crippen LogP contribution is 2.17. The van der Waals surface area contributed by atoms with Crippen molar-refractivity contribution in [2.24, 2.45) is 5.92 Å². The Morgan fingerprint density at radius 3 is 2.94 bits per heavy atom. The van der Waals surface area contributed by atoms with Crippen molar-refractivity contribution < 1.29 is 0 Å². The molecule has 0 spiro atoms. The number of aromatic nitrogens is 3. The van der Waals surface area contributed by atoms with Gasteiger partial charge in [0.25, 0.3) is 0 Å². The van der Waals surface area contributed by atoms with E-state index in [0.29, 0.717) is 11.8 Å². The Labute approximate surface area is 100 Å². The maximum absolute atomic E-state index is 5.92. The lowest BCUT2D eigenvalue weighted by Crippen LogP contribution is -2.04. The molecule has 0 aromatic carbocycles. The molecule has 0 fully saturated rings. The van der Waals surface area contributed by atoms with Gasteiger partial charge in [-0.15, -0.1) is 11.6 Å². The lowest BCUT2D eigenvalue weighted by atomic mass is 10.1. The third kappa shape index (κ3) is 2.19. The number of alkyl halides is 1. The number of hydrogen-bond donors (Lipinski definition) is 0. The largest absolute Gasteiger partial charge is 0.327 e. The molecule has 0 amide bonds. The molecule has 0 aliphatic rings. The number of halogens is 1. The average molecular weight is 238 g/mol. The standard InChI is InChI=1S/C12H16ClN3/c1-9(2)4-6-16-11-3-5-14-8-10(11)15-12(16)7-13/h3,5,8-9H,4,6-7H2,1-2H3. The Balaban J connectivity index is 2.39. The molecule has 0 unspecified atom stereocenters. The summed E-state index contributed by atoms with van der Waals surface area (Å²) in [5.41, 5.74) is 2.06. The SMILES string of the molecule is CC(C)CCn1c(CCl)nc2cnccc21. The van der Waals surface area contributed by atoms with E-state index in [2.05, 4.69) is 28.4 Å². The molecule has 16 heavy (non-hydrogen) atoms. The van der Waals surface area contributed by atoms with Crippen molar-refractivity contribution in [3.63, 3.8) is 0 Å². The van der Waals surface area contributed by atoms with Crippen LogP contribution in [0.4, 0.5) is 0 Å². The Bertz CT molecular complexity index is 476. The van der Waals surface area contributed by atoms with Crippen molar-refractivity contribution in [1.82, 2.24) is 14.5 Å². The Kier molecular flexibility index (Phi) is 3.44. The van der Waals surface area contributed by atoms with Gasteiger partial charge in [0.1, 0.15) is 11.3 Å². The second-order valence-corrected chi connectivity index (χ2v) is 4.63. The Morgan fingerprint density at radius 2 is 2.25 bits per heavy atom. The highest BCUT2D eigenvalue weighted by molar-refractivity contribution is 6.16. The van der Waals surface area contributed by atoms with Crippen LogP contribution in [0.5, 0.6) is 0 Å². The third-order valence-corrected chi connectivity index (χ3v) is 2.92. The molecule has 4 heteroatoms. The number of imidazole rings is 1. The van der Waals surface area contributed by atoms with Crippen LogP contribution in [-0.2, 0) is 12.4 Å². The lowest BCUT2D eigenvalue weighted by Gasteiger charge is -2.09. The first-order valence-electron chi connectivity index (χ1n) is 5.57. The highest BCUT2D eigenvalue weighted by Gasteiger charge is 2.09. The van der Waals surface area contributed by atoms with E-state index in [9.17, 15) is 0 Å². The summed E-state index contributed by atoms with van der Waals surface area (Å²) < 4.78 is 2.20. The first-order chi connectivity index (χ1) is 7.72. The van der Waals surface area contributed by atoms with E-state index < -0.39 is 0 Å². The summed E-state index contributed by atoms with van der Waals surface area (Å²) in [5.74, 6) is 2.07. The second-order valence-electron chi connectivity index (χ2n) is 4.36. The van der Waals surface area contributed by atoms with Gasteiger partial charge in [-0.2, -0.15) is 0 Å². The van der Waals surface area contributed by atoms with Crippen molar-refractivity contribution in [2.45, 2.75) is 32.7 Å². The molecule has 86 valence electrons. The van der Waals surface area contributed by atoms with E-state index in [4.69, 9.17) is 11.6 Å². The fourth-order valence-electron chi connectivity index (χ4n) is 1.77. The van der Waals surface area contributed by atoms with E-state index in [0.717, 1.165) is 29.8 Å². The minimum absolute atomic E-state index is 0.451. The molecule has 0 bridgehead atoms. The summed E-state index contributed by atoms with van der Waals surface area (Å²) in [7, 11) is 0. The lowest BCUT2D eigenvalue weighted by molar-refractivity contribution is 0.516. The fraction of sp³-hybridized carbons (Fsp3) is 0.500. The fourth-order valence-corrected chi connectivity index (χ4v) is 1.97. The third-order valence-electron chi connectivity index (χ3n) is 2.68. The van der Waals surface area contributed by atoms with Gasteiger partial charge >= 0.3 is 0 Å². The quantitative estimate of drug-likeness (QED) is 0.765. The van der Waals surface area contributed by atoms with Gasteiger partial charge in [-0.05, 0) is 18.4 Å². The van der Waals surface area contributed by atoms with Gasteiger partial charge in [-0.25, -0.2) is 4.98 Å². The van der Waals surface area contributed by atoms with Gasteiger partial charge in [-0.3, -0.25) is 4.98 Å². The summed E-state index contributed by atoms with van der Waals surface area (Å²) in [6.07, 6.45) is 4.73. The predicted octanol–water partition coefficient (Wildman–Crippen LogP) is 3.22. The van der Waals surface area contributed by atoms with Crippen LogP contribution in [0.3, 0.4) is 0 Å². The summed E-state index contributed by atoms with van der Waals surface area (Å²) in [6.45, 7) is 5.42. The average Bonchev–Trinajstić information content (AvgIpc) is 2.64. The summed E-state index contributed by atoms with van der Waals surface area (Å²) in [5, 5.41) is 0. The second kappa shape index (κ2) is 4.83. The Hall–Kier alpha value is -1.09. The van der Waals surface area contributed by atoms with Gasteiger partial charge in [-0.1, -0.05) is 13.8 Å². The number of nitrogens with zero attached hydrogens (tertiary/aromatic N) is 3. The molecular formula is C12H16ClN3. The molecule has 2 rings (SSSR count). The number of fused-ring (bicyclic) bond motifs is 1. The minimum atomic E-state index is 0.451. The molecule has 0 aliphatic carbocycles. The maximum Gasteiger partial charge on any atom is 0.124 e. The molecule has 0 radical (unpaired) electrons. The highest BCUT2D eigenvalue weighted by atomic mass is 35.5. The molecule has 0 saturated heterocycles. The normalized spacial score (nSPS) is 11.5. The predicted molar refractivity (Wildman–Crippen MR) is 66.5 cm³/mol. The van der Waals surface area contributed by atoms with Gasteiger partial charge in [0.2, 0.25) is 0 Å². The van der Waals surface area contributed by atoms with Crippen LogP contribution in [-0.4, -0.2) is 14.5 Å². The summed E-state index contributed by atoms with van der Waals surface area (Å²) in [6, 6.07) is 2.00. The zero-order chi connectivity index (χ0) is 11.5. The molecular weight excluding hydrogens is 222 g/mol. The zero-order valence-corrected chi connectivity index (χ0v) is 10.4. The van der Waals surface area contributed by atoms with Gasteiger partial charge in [0, 0.05) is 12.7 Å². The number of rotatable bonds is 4. The molecule has 0 saturated carbocycles. The molecule has 2 aromatic rings. The molecule has 2 aromatic heterocycles. The van der Waals surface area contributed by atoms with E-state index in [1.807, 2.05) is 6.07 Å². The molecule has 0 aliphatic heterocycles. The molecule has 2 heterocycles. The molecule has 0 N–H and O–H groups in total. The van der Waals surface area contributed by atoms with Crippen molar-refractivity contribution in [3.8, 4) is 0 Å². The van der Waals surface area contributed by atoms with Crippen LogP contribution >= 0.6 is 11.6 Å². The number of hydrogen-bond acceptors (Lipinski definition) is 2. The van der Waals surface area contributed by atoms with Crippen LogP contribution < -0.4 is 0 Å².